The number of halogens is 1. The van der Waals surface area contributed by atoms with Crippen molar-refractivity contribution in [3.63, 3.8) is 0 Å². The molecular formula is C30H28ClN3O4S. The Labute approximate surface area is 233 Å². The number of amides is 2. The standard InChI is InChI=1S/C30H28ClN3O4S/c1-20-12-14-24(18-21(20)2)34-39(37,38)28-19-23(13-15-26(28)31)29(35)33-27-11-7-6-10-25(27)30(36)32-17-16-22-8-4-3-5-9-22/h3-15,18-19,34H,16-17H2,1-2H3,(H,32,36)(H,33,35). The smallest absolute Gasteiger partial charge is 0.263 e. The summed E-state index contributed by atoms with van der Waals surface area (Å²) >= 11 is 6.22. The number of sulfonamides is 1. The molecule has 0 saturated heterocycles. The molecule has 0 aromatic heterocycles. The van der Waals surface area contributed by atoms with Gasteiger partial charge in [-0.15, -0.1) is 0 Å². The summed E-state index contributed by atoms with van der Waals surface area (Å²) in [6, 6.07) is 25.6. The van der Waals surface area contributed by atoms with Gasteiger partial charge in [0.15, 0.2) is 0 Å². The molecule has 4 aromatic rings. The fourth-order valence-electron chi connectivity index (χ4n) is 3.91. The van der Waals surface area contributed by atoms with Gasteiger partial charge in [0.2, 0.25) is 0 Å². The lowest BCUT2D eigenvalue weighted by Crippen LogP contribution is -2.27. The van der Waals surface area contributed by atoms with E-state index in [1.54, 1.807) is 36.4 Å². The maximum atomic E-state index is 13.1. The van der Waals surface area contributed by atoms with Crippen LogP contribution in [0.15, 0.2) is 95.9 Å². The van der Waals surface area contributed by atoms with E-state index in [0.29, 0.717) is 24.3 Å². The van der Waals surface area contributed by atoms with Crippen molar-refractivity contribution in [2.45, 2.75) is 25.2 Å². The molecular weight excluding hydrogens is 534 g/mol. The third-order valence-electron chi connectivity index (χ3n) is 6.20. The number of nitrogens with one attached hydrogen (secondary N) is 3. The lowest BCUT2D eigenvalue weighted by molar-refractivity contribution is 0.0955. The van der Waals surface area contributed by atoms with Crippen LogP contribution in [0.4, 0.5) is 11.4 Å². The highest BCUT2D eigenvalue weighted by Gasteiger charge is 2.21. The molecule has 4 aromatic carbocycles. The second kappa shape index (κ2) is 12.1. The van der Waals surface area contributed by atoms with Gasteiger partial charge >= 0.3 is 0 Å². The Morgan fingerprint density at radius 1 is 0.795 bits per heavy atom. The Hall–Kier alpha value is -4.14. The minimum absolute atomic E-state index is 0.0268. The summed E-state index contributed by atoms with van der Waals surface area (Å²) in [6.07, 6.45) is 0.666. The van der Waals surface area contributed by atoms with Crippen LogP contribution in [0.1, 0.15) is 37.4 Å². The molecule has 7 nitrogen and oxygen atoms in total. The lowest BCUT2D eigenvalue weighted by Gasteiger charge is -2.14. The lowest BCUT2D eigenvalue weighted by atomic mass is 10.1. The van der Waals surface area contributed by atoms with Gasteiger partial charge in [-0.2, -0.15) is 0 Å². The number of benzene rings is 4. The Morgan fingerprint density at radius 2 is 1.51 bits per heavy atom. The topological polar surface area (TPSA) is 104 Å². The van der Waals surface area contributed by atoms with E-state index in [9.17, 15) is 18.0 Å². The van der Waals surface area contributed by atoms with Crippen LogP contribution < -0.4 is 15.4 Å². The number of carbonyl (C=O) groups excluding carboxylic acids is 2. The molecule has 0 unspecified atom stereocenters. The average Bonchev–Trinajstić information content (AvgIpc) is 2.91. The number of carbonyl (C=O) groups is 2. The van der Waals surface area contributed by atoms with Crippen LogP contribution in [0.5, 0.6) is 0 Å². The largest absolute Gasteiger partial charge is 0.352 e. The first-order chi connectivity index (χ1) is 18.6. The molecule has 0 bridgehead atoms. The molecule has 0 fully saturated rings. The predicted molar refractivity (Wildman–Crippen MR) is 155 cm³/mol. The average molecular weight is 562 g/mol. The molecule has 0 radical (unpaired) electrons. The molecule has 0 aliphatic heterocycles. The Bertz CT molecular complexity index is 1620. The summed E-state index contributed by atoms with van der Waals surface area (Å²) in [7, 11) is -4.08. The van der Waals surface area contributed by atoms with E-state index in [4.69, 9.17) is 11.6 Å². The fraction of sp³-hybridized carbons (Fsp3) is 0.133. The van der Waals surface area contributed by atoms with E-state index in [1.807, 2.05) is 50.2 Å². The van der Waals surface area contributed by atoms with E-state index >= 15 is 0 Å². The first-order valence-corrected chi connectivity index (χ1v) is 14.1. The van der Waals surface area contributed by atoms with Gasteiger partial charge in [-0.1, -0.05) is 60.1 Å². The molecule has 0 heterocycles. The van der Waals surface area contributed by atoms with Crippen LogP contribution in [-0.2, 0) is 16.4 Å². The first kappa shape index (κ1) is 27.9. The molecule has 2 amide bonds. The predicted octanol–water partition coefficient (Wildman–Crippen LogP) is 5.98. The molecule has 0 atom stereocenters. The van der Waals surface area contributed by atoms with Crippen molar-refractivity contribution in [3.8, 4) is 0 Å². The van der Waals surface area contributed by atoms with Gasteiger partial charge in [0, 0.05) is 17.8 Å². The zero-order chi connectivity index (χ0) is 28.0. The number of anilines is 2. The number of rotatable bonds is 9. The van der Waals surface area contributed by atoms with E-state index in [2.05, 4.69) is 15.4 Å². The van der Waals surface area contributed by atoms with Gasteiger partial charge in [0.25, 0.3) is 21.8 Å². The number of para-hydroxylation sites is 1. The molecule has 0 aliphatic rings. The normalized spacial score (nSPS) is 11.1. The van der Waals surface area contributed by atoms with Crippen molar-refractivity contribution in [1.29, 1.82) is 0 Å². The van der Waals surface area contributed by atoms with Crippen molar-refractivity contribution in [2.75, 3.05) is 16.6 Å². The van der Waals surface area contributed by atoms with Crippen LogP contribution in [-0.4, -0.2) is 26.8 Å². The highest BCUT2D eigenvalue weighted by atomic mass is 35.5. The fourth-order valence-corrected chi connectivity index (χ4v) is 5.49. The molecule has 3 N–H and O–H groups in total. The van der Waals surface area contributed by atoms with Crippen LogP contribution in [0.2, 0.25) is 5.02 Å². The zero-order valence-corrected chi connectivity index (χ0v) is 23.1. The zero-order valence-electron chi connectivity index (χ0n) is 21.5. The summed E-state index contributed by atoms with van der Waals surface area (Å²) in [6.45, 7) is 4.24. The molecule has 0 saturated carbocycles. The second-order valence-electron chi connectivity index (χ2n) is 9.04. The molecule has 39 heavy (non-hydrogen) atoms. The first-order valence-electron chi connectivity index (χ1n) is 12.3. The van der Waals surface area contributed by atoms with Gasteiger partial charge in [0.1, 0.15) is 4.90 Å². The van der Waals surface area contributed by atoms with Gasteiger partial charge in [-0.3, -0.25) is 14.3 Å². The summed E-state index contributed by atoms with van der Waals surface area (Å²) in [5.74, 6) is -0.919. The van der Waals surface area contributed by atoms with Crippen molar-refractivity contribution in [2.24, 2.45) is 0 Å². The summed E-state index contributed by atoms with van der Waals surface area (Å²) < 4.78 is 28.8. The van der Waals surface area contributed by atoms with Crippen molar-refractivity contribution >= 4 is 44.8 Å². The molecule has 0 aliphatic carbocycles. The Kier molecular flexibility index (Phi) is 8.69. The Balaban J connectivity index is 1.49. The van der Waals surface area contributed by atoms with E-state index in [-0.39, 0.29) is 27.0 Å². The maximum absolute atomic E-state index is 13.1. The third-order valence-corrected chi connectivity index (χ3v) is 8.07. The summed E-state index contributed by atoms with van der Waals surface area (Å²) in [4.78, 5) is 25.7. The van der Waals surface area contributed by atoms with Gasteiger partial charge < -0.3 is 10.6 Å². The van der Waals surface area contributed by atoms with Gasteiger partial charge in [-0.05, 0) is 79.4 Å². The molecule has 9 heteroatoms. The quantitative estimate of drug-likeness (QED) is 0.234. The third kappa shape index (κ3) is 7.04. The highest BCUT2D eigenvalue weighted by molar-refractivity contribution is 7.92. The van der Waals surface area contributed by atoms with Crippen LogP contribution in [0.25, 0.3) is 0 Å². The second-order valence-corrected chi connectivity index (χ2v) is 11.1. The van der Waals surface area contributed by atoms with E-state index < -0.39 is 15.9 Å². The van der Waals surface area contributed by atoms with Gasteiger partial charge in [0.05, 0.1) is 16.3 Å². The number of aryl methyl sites for hydroxylation is 2. The summed E-state index contributed by atoms with van der Waals surface area (Å²) in [5, 5.41) is 5.57. The van der Waals surface area contributed by atoms with Crippen molar-refractivity contribution < 1.29 is 18.0 Å². The van der Waals surface area contributed by atoms with Crippen molar-refractivity contribution in [3.05, 3.63) is 124 Å². The molecule has 200 valence electrons. The van der Waals surface area contributed by atoms with E-state index in [1.165, 1.54) is 18.2 Å². The number of hydrogen-bond donors (Lipinski definition) is 3. The minimum Gasteiger partial charge on any atom is -0.352 e. The Morgan fingerprint density at radius 3 is 2.26 bits per heavy atom. The number of hydrogen-bond acceptors (Lipinski definition) is 4. The SMILES string of the molecule is Cc1ccc(NS(=O)(=O)c2cc(C(=O)Nc3ccccc3C(=O)NCCc3ccccc3)ccc2Cl)cc1C. The molecule has 4 rings (SSSR count). The highest BCUT2D eigenvalue weighted by Crippen LogP contribution is 2.27. The van der Waals surface area contributed by atoms with Crippen LogP contribution in [0.3, 0.4) is 0 Å². The summed E-state index contributed by atoms with van der Waals surface area (Å²) in [5.41, 5.74) is 4.09. The van der Waals surface area contributed by atoms with Crippen LogP contribution >= 0.6 is 11.6 Å². The van der Waals surface area contributed by atoms with Gasteiger partial charge in [-0.25, -0.2) is 8.42 Å². The van der Waals surface area contributed by atoms with E-state index in [0.717, 1.165) is 16.7 Å². The maximum Gasteiger partial charge on any atom is 0.263 e. The van der Waals surface area contributed by atoms with Crippen molar-refractivity contribution in [1.82, 2.24) is 5.32 Å². The van der Waals surface area contributed by atoms with Crippen LogP contribution in [0, 0.1) is 13.8 Å². The monoisotopic (exact) mass is 561 g/mol. The molecule has 0 spiro atoms. The minimum atomic E-state index is -4.08.